The van der Waals surface area contributed by atoms with Gasteiger partial charge in [-0.3, -0.25) is 4.79 Å². The SMILES string of the molecule is O=C(Nc1ccc2oc(N3CC(O)C3)nc2c1)C1=COC=CO1. The quantitative estimate of drug-likeness (QED) is 0.881. The molecule has 23 heavy (non-hydrogen) atoms. The molecule has 0 unspecified atom stereocenters. The highest BCUT2D eigenvalue weighted by Gasteiger charge is 2.28. The van der Waals surface area contributed by atoms with E-state index in [9.17, 15) is 9.90 Å². The first-order valence-electron chi connectivity index (χ1n) is 7.01. The van der Waals surface area contributed by atoms with Gasteiger partial charge in [0.05, 0.1) is 19.2 Å². The number of oxazole rings is 1. The fourth-order valence-corrected chi connectivity index (χ4v) is 2.30. The molecule has 0 spiro atoms. The van der Waals surface area contributed by atoms with Crippen molar-refractivity contribution in [3.05, 3.63) is 42.7 Å². The minimum absolute atomic E-state index is 0.0583. The Balaban J connectivity index is 1.52. The highest BCUT2D eigenvalue weighted by molar-refractivity contribution is 6.03. The second-order valence-electron chi connectivity index (χ2n) is 5.20. The molecule has 8 nitrogen and oxygen atoms in total. The third-order valence-electron chi connectivity index (χ3n) is 3.49. The van der Waals surface area contributed by atoms with E-state index in [4.69, 9.17) is 13.9 Å². The molecule has 1 aromatic heterocycles. The van der Waals surface area contributed by atoms with Crippen LogP contribution in [0.5, 0.6) is 0 Å². The third kappa shape index (κ3) is 2.59. The Morgan fingerprint density at radius 1 is 1.35 bits per heavy atom. The van der Waals surface area contributed by atoms with Gasteiger partial charge in [-0.15, -0.1) is 0 Å². The van der Waals surface area contributed by atoms with E-state index in [1.54, 1.807) is 18.2 Å². The van der Waals surface area contributed by atoms with E-state index in [0.29, 0.717) is 35.9 Å². The molecular weight excluding hydrogens is 302 g/mol. The van der Waals surface area contributed by atoms with Gasteiger partial charge in [0.25, 0.3) is 11.9 Å². The molecule has 4 rings (SSSR count). The predicted octanol–water partition coefficient (Wildman–Crippen LogP) is 1.31. The number of carbonyl (C=O) groups is 1. The summed E-state index contributed by atoms with van der Waals surface area (Å²) in [5.74, 6) is -0.369. The number of aliphatic hydroxyl groups excluding tert-OH is 1. The van der Waals surface area contributed by atoms with Crippen LogP contribution in [0.4, 0.5) is 11.7 Å². The lowest BCUT2D eigenvalue weighted by Crippen LogP contribution is -2.51. The largest absolute Gasteiger partial charge is 0.465 e. The molecule has 1 fully saturated rings. The van der Waals surface area contributed by atoms with Crippen LogP contribution >= 0.6 is 0 Å². The average molecular weight is 315 g/mol. The van der Waals surface area contributed by atoms with Crippen molar-refractivity contribution in [2.24, 2.45) is 0 Å². The number of rotatable bonds is 3. The minimum Gasteiger partial charge on any atom is -0.465 e. The van der Waals surface area contributed by atoms with E-state index in [1.807, 2.05) is 4.90 Å². The van der Waals surface area contributed by atoms with Crippen molar-refractivity contribution in [2.75, 3.05) is 23.3 Å². The summed E-state index contributed by atoms with van der Waals surface area (Å²) in [4.78, 5) is 18.2. The summed E-state index contributed by atoms with van der Waals surface area (Å²) in [6.07, 6.45) is 3.49. The highest BCUT2D eigenvalue weighted by Crippen LogP contribution is 2.27. The Morgan fingerprint density at radius 2 is 2.22 bits per heavy atom. The molecule has 2 aliphatic heterocycles. The smallest absolute Gasteiger partial charge is 0.298 e. The number of amides is 1. The summed E-state index contributed by atoms with van der Waals surface area (Å²) in [6, 6.07) is 5.60. The van der Waals surface area contributed by atoms with Crippen molar-refractivity contribution < 1.29 is 23.8 Å². The van der Waals surface area contributed by atoms with Gasteiger partial charge >= 0.3 is 0 Å². The Bertz CT molecular complexity index is 820. The first-order valence-corrected chi connectivity index (χ1v) is 7.01. The Kier molecular flexibility index (Phi) is 3.16. The lowest BCUT2D eigenvalue weighted by Gasteiger charge is -2.34. The van der Waals surface area contributed by atoms with Gasteiger partial charge in [-0.2, -0.15) is 4.98 Å². The number of nitrogens with one attached hydrogen (secondary N) is 1. The molecule has 2 aromatic rings. The summed E-state index contributed by atoms with van der Waals surface area (Å²) in [5.41, 5.74) is 1.79. The number of aromatic nitrogens is 1. The number of nitrogens with zero attached hydrogens (tertiary/aromatic N) is 2. The molecule has 3 heterocycles. The van der Waals surface area contributed by atoms with E-state index in [1.165, 1.54) is 18.8 Å². The van der Waals surface area contributed by atoms with Crippen LogP contribution in [0.3, 0.4) is 0 Å². The minimum atomic E-state index is -0.428. The summed E-state index contributed by atoms with van der Waals surface area (Å²) in [7, 11) is 0. The summed E-state index contributed by atoms with van der Waals surface area (Å²) >= 11 is 0. The number of benzene rings is 1. The fourth-order valence-electron chi connectivity index (χ4n) is 2.30. The molecule has 8 heteroatoms. The molecule has 0 radical (unpaired) electrons. The third-order valence-corrected chi connectivity index (χ3v) is 3.49. The number of ether oxygens (including phenoxy) is 2. The van der Waals surface area contributed by atoms with Crippen LogP contribution in [-0.4, -0.2) is 35.2 Å². The van der Waals surface area contributed by atoms with Crippen LogP contribution in [0.15, 0.2) is 47.2 Å². The second kappa shape index (κ2) is 5.33. The standard InChI is InChI=1S/C15H13N3O5/c19-10-6-18(7-10)15-17-11-5-9(1-2-12(11)23-15)16-14(20)13-8-21-3-4-22-13/h1-5,8,10,19H,6-7H2,(H,16,20). The Labute approximate surface area is 130 Å². The average Bonchev–Trinajstić information content (AvgIpc) is 2.95. The van der Waals surface area contributed by atoms with E-state index < -0.39 is 5.91 Å². The fraction of sp³-hybridized carbons (Fsp3) is 0.200. The van der Waals surface area contributed by atoms with Gasteiger partial charge in [0.2, 0.25) is 5.76 Å². The van der Waals surface area contributed by atoms with Crippen molar-refractivity contribution in [3.63, 3.8) is 0 Å². The molecule has 0 aliphatic carbocycles. The number of carbonyl (C=O) groups excluding carboxylic acids is 1. The van der Waals surface area contributed by atoms with Crippen LogP contribution in [0.2, 0.25) is 0 Å². The number of hydrogen-bond acceptors (Lipinski definition) is 7. The maximum Gasteiger partial charge on any atom is 0.298 e. The molecule has 0 saturated carbocycles. The van der Waals surface area contributed by atoms with Crippen LogP contribution in [0, 0.1) is 0 Å². The predicted molar refractivity (Wildman–Crippen MR) is 80.3 cm³/mol. The van der Waals surface area contributed by atoms with Crippen LogP contribution < -0.4 is 10.2 Å². The lowest BCUT2D eigenvalue weighted by molar-refractivity contribution is -0.115. The summed E-state index contributed by atoms with van der Waals surface area (Å²) in [6.45, 7) is 1.02. The number of fused-ring (bicyclic) bond motifs is 1. The number of hydrogen-bond donors (Lipinski definition) is 2. The van der Waals surface area contributed by atoms with Gasteiger partial charge in [0.15, 0.2) is 5.58 Å². The molecule has 2 N–H and O–H groups in total. The Hall–Kier alpha value is -3.00. The molecule has 1 saturated heterocycles. The molecule has 0 atom stereocenters. The van der Waals surface area contributed by atoms with Gasteiger partial charge in [0.1, 0.15) is 24.3 Å². The van der Waals surface area contributed by atoms with E-state index in [0.717, 1.165) is 0 Å². The van der Waals surface area contributed by atoms with Crippen LogP contribution in [0.1, 0.15) is 0 Å². The van der Waals surface area contributed by atoms with E-state index in [2.05, 4.69) is 10.3 Å². The first kappa shape index (κ1) is 13.6. The molecule has 118 valence electrons. The molecule has 2 aliphatic rings. The maximum atomic E-state index is 12.0. The number of aliphatic hydroxyl groups is 1. The van der Waals surface area contributed by atoms with Crippen molar-refractivity contribution in [3.8, 4) is 0 Å². The zero-order chi connectivity index (χ0) is 15.8. The van der Waals surface area contributed by atoms with E-state index >= 15 is 0 Å². The molecule has 1 aromatic carbocycles. The van der Waals surface area contributed by atoms with Gasteiger partial charge in [0, 0.05) is 5.69 Å². The first-order chi connectivity index (χ1) is 11.2. The van der Waals surface area contributed by atoms with Gasteiger partial charge in [-0.1, -0.05) is 0 Å². The summed E-state index contributed by atoms with van der Waals surface area (Å²) < 4.78 is 15.6. The van der Waals surface area contributed by atoms with Crippen molar-refractivity contribution in [1.29, 1.82) is 0 Å². The van der Waals surface area contributed by atoms with Crippen LogP contribution in [0.25, 0.3) is 11.1 Å². The molecular formula is C15H13N3O5. The van der Waals surface area contributed by atoms with Crippen molar-refractivity contribution >= 4 is 28.7 Å². The zero-order valence-corrected chi connectivity index (χ0v) is 11.9. The number of anilines is 2. The normalized spacial score (nSPS) is 17.3. The topological polar surface area (TPSA) is 97.1 Å². The summed E-state index contributed by atoms with van der Waals surface area (Å²) in [5, 5.41) is 12.0. The van der Waals surface area contributed by atoms with Crippen molar-refractivity contribution in [1.82, 2.24) is 4.98 Å². The lowest BCUT2D eigenvalue weighted by atomic mass is 10.2. The van der Waals surface area contributed by atoms with Gasteiger partial charge in [-0.05, 0) is 18.2 Å². The second-order valence-corrected chi connectivity index (χ2v) is 5.20. The van der Waals surface area contributed by atoms with Gasteiger partial charge in [-0.25, -0.2) is 0 Å². The monoisotopic (exact) mass is 315 g/mol. The zero-order valence-electron chi connectivity index (χ0n) is 11.9. The highest BCUT2D eigenvalue weighted by atomic mass is 16.5. The molecule has 0 bridgehead atoms. The van der Waals surface area contributed by atoms with Crippen molar-refractivity contribution in [2.45, 2.75) is 6.10 Å². The number of β-amino-alcohol motifs (C(OH)–C–C–N with tert-alkyl or cyclic N) is 1. The van der Waals surface area contributed by atoms with Gasteiger partial charge < -0.3 is 29.2 Å². The van der Waals surface area contributed by atoms with Crippen LogP contribution in [-0.2, 0) is 14.3 Å². The Morgan fingerprint density at radius 3 is 2.96 bits per heavy atom. The molecule has 1 amide bonds. The maximum absolute atomic E-state index is 12.0. The van der Waals surface area contributed by atoms with E-state index in [-0.39, 0.29) is 11.9 Å².